The van der Waals surface area contributed by atoms with Gasteiger partial charge in [0.25, 0.3) is 0 Å². The highest BCUT2D eigenvalue weighted by Gasteiger charge is 2.16. The molecule has 0 bridgehead atoms. The Hall–Kier alpha value is -1.88. The third-order valence-electron chi connectivity index (χ3n) is 9.44. The van der Waals surface area contributed by atoms with Gasteiger partial charge in [0.2, 0.25) is 0 Å². The topological polar surface area (TPSA) is 72.8 Å². The number of allylic oxidation sites excluding steroid dienone is 6. The van der Waals surface area contributed by atoms with E-state index in [0.29, 0.717) is 12.8 Å². The molecule has 0 aromatic heterocycles. The molecule has 1 atom stereocenters. The first kappa shape index (κ1) is 48.1. The van der Waals surface area contributed by atoms with Crippen molar-refractivity contribution >= 4 is 11.9 Å². The standard InChI is InChI=1S/C45H82O5/c1-3-5-7-9-11-13-15-17-19-20-21-22-23-24-26-28-30-32-34-36-38-40-45(48)50-43(41-46)42-49-44(47)39-37-35-33-31-29-27-25-18-16-14-12-10-8-6-4-2/h15,17,20-21,23-24,43,46H,3-14,16,18-19,22,25-42H2,1-2H3/b17-15-,21-20-,24-23-. The second-order valence-corrected chi connectivity index (χ2v) is 14.4. The van der Waals surface area contributed by atoms with E-state index >= 15 is 0 Å². The summed E-state index contributed by atoms with van der Waals surface area (Å²) in [5.74, 6) is -0.598. The van der Waals surface area contributed by atoms with Crippen molar-refractivity contribution in [1.82, 2.24) is 0 Å². The van der Waals surface area contributed by atoms with Crippen molar-refractivity contribution in [2.45, 2.75) is 225 Å². The van der Waals surface area contributed by atoms with Crippen LogP contribution in [0.3, 0.4) is 0 Å². The summed E-state index contributed by atoms with van der Waals surface area (Å²) in [5.41, 5.74) is 0. The van der Waals surface area contributed by atoms with Crippen molar-refractivity contribution in [2.75, 3.05) is 13.2 Å². The van der Waals surface area contributed by atoms with Crippen molar-refractivity contribution in [3.05, 3.63) is 36.5 Å². The fourth-order valence-corrected chi connectivity index (χ4v) is 6.15. The molecule has 0 amide bonds. The Kier molecular flexibility index (Phi) is 40.0. The zero-order valence-electron chi connectivity index (χ0n) is 33.2. The zero-order chi connectivity index (χ0) is 36.4. The van der Waals surface area contributed by atoms with Crippen LogP contribution >= 0.6 is 0 Å². The normalized spacial score (nSPS) is 12.5. The molecule has 0 rings (SSSR count). The molecular formula is C45H82O5. The molecule has 50 heavy (non-hydrogen) atoms. The van der Waals surface area contributed by atoms with Crippen molar-refractivity contribution in [2.24, 2.45) is 0 Å². The molecule has 0 aliphatic rings. The second-order valence-electron chi connectivity index (χ2n) is 14.4. The fraction of sp³-hybridized carbons (Fsp3) is 0.822. The molecule has 0 aliphatic carbocycles. The molecule has 0 aliphatic heterocycles. The van der Waals surface area contributed by atoms with Gasteiger partial charge in [-0.15, -0.1) is 0 Å². The highest BCUT2D eigenvalue weighted by atomic mass is 16.6. The molecule has 1 N–H and O–H groups in total. The van der Waals surface area contributed by atoms with E-state index in [-0.39, 0.29) is 25.2 Å². The average Bonchev–Trinajstić information content (AvgIpc) is 3.12. The molecule has 5 nitrogen and oxygen atoms in total. The number of carbonyl (C=O) groups excluding carboxylic acids is 2. The third kappa shape index (κ3) is 38.9. The van der Waals surface area contributed by atoms with E-state index in [1.807, 2.05) is 0 Å². The Labute approximate surface area is 310 Å². The maximum absolute atomic E-state index is 12.2. The third-order valence-corrected chi connectivity index (χ3v) is 9.44. The van der Waals surface area contributed by atoms with Crippen LogP contribution in [0.5, 0.6) is 0 Å². The summed E-state index contributed by atoms with van der Waals surface area (Å²) in [4.78, 5) is 24.3. The lowest BCUT2D eigenvalue weighted by Gasteiger charge is -2.15. The summed E-state index contributed by atoms with van der Waals surface area (Å²) in [6, 6.07) is 0. The SMILES string of the molecule is CCCCCCC/C=C\C/C=C\C/C=C\CCCCCCCCC(=O)OC(CO)COC(=O)CCCCCCCCCCCCCCCCC. The van der Waals surface area contributed by atoms with Gasteiger partial charge in [0.1, 0.15) is 6.61 Å². The molecule has 0 aromatic carbocycles. The summed E-state index contributed by atoms with van der Waals surface area (Å²) in [6.45, 7) is 4.13. The number of unbranched alkanes of at least 4 members (excludes halogenated alkanes) is 25. The maximum atomic E-state index is 12.2. The van der Waals surface area contributed by atoms with Gasteiger partial charge in [-0.1, -0.05) is 192 Å². The van der Waals surface area contributed by atoms with Crippen molar-refractivity contribution < 1.29 is 24.2 Å². The maximum Gasteiger partial charge on any atom is 0.306 e. The second kappa shape index (κ2) is 41.5. The predicted octanol–water partition coefficient (Wildman–Crippen LogP) is 13.6. The van der Waals surface area contributed by atoms with Gasteiger partial charge in [0.15, 0.2) is 6.10 Å². The first-order valence-electron chi connectivity index (χ1n) is 21.5. The number of ether oxygens (including phenoxy) is 2. The minimum atomic E-state index is -0.775. The van der Waals surface area contributed by atoms with Crippen molar-refractivity contribution in [3.8, 4) is 0 Å². The lowest BCUT2D eigenvalue weighted by Crippen LogP contribution is -2.28. The summed E-state index contributed by atoms with van der Waals surface area (Å²) in [6.07, 6.45) is 50.6. The number of rotatable bonds is 39. The summed E-state index contributed by atoms with van der Waals surface area (Å²) in [7, 11) is 0. The molecule has 0 spiro atoms. The van der Waals surface area contributed by atoms with Gasteiger partial charge < -0.3 is 14.6 Å². The Morgan fingerprint density at radius 3 is 1.20 bits per heavy atom. The predicted molar refractivity (Wildman–Crippen MR) is 214 cm³/mol. The smallest absolute Gasteiger partial charge is 0.306 e. The number of aliphatic hydroxyl groups excluding tert-OH is 1. The first-order chi connectivity index (χ1) is 24.6. The molecule has 5 heteroatoms. The van der Waals surface area contributed by atoms with Gasteiger partial charge in [-0.05, 0) is 51.4 Å². The zero-order valence-corrected chi connectivity index (χ0v) is 33.2. The van der Waals surface area contributed by atoms with Crippen LogP contribution in [0, 0.1) is 0 Å². The number of esters is 2. The number of aliphatic hydroxyl groups is 1. The van der Waals surface area contributed by atoms with Crippen LogP contribution in [-0.4, -0.2) is 36.4 Å². The molecular weight excluding hydrogens is 620 g/mol. The number of hydrogen-bond donors (Lipinski definition) is 1. The van der Waals surface area contributed by atoms with Crippen molar-refractivity contribution in [1.29, 1.82) is 0 Å². The van der Waals surface area contributed by atoms with E-state index in [4.69, 9.17) is 9.47 Å². The Morgan fingerprint density at radius 1 is 0.460 bits per heavy atom. The molecule has 292 valence electrons. The Bertz CT molecular complexity index is 801. The summed E-state index contributed by atoms with van der Waals surface area (Å²) < 4.78 is 10.6. The van der Waals surface area contributed by atoms with E-state index in [2.05, 4.69) is 50.3 Å². The van der Waals surface area contributed by atoms with E-state index in [1.165, 1.54) is 135 Å². The van der Waals surface area contributed by atoms with Crippen LogP contribution in [0.2, 0.25) is 0 Å². The van der Waals surface area contributed by atoms with Gasteiger partial charge in [-0.25, -0.2) is 0 Å². The Balaban J connectivity index is 3.56. The molecule has 0 saturated heterocycles. The minimum Gasteiger partial charge on any atom is -0.462 e. The number of hydrogen-bond acceptors (Lipinski definition) is 5. The highest BCUT2D eigenvalue weighted by Crippen LogP contribution is 2.15. The molecule has 0 radical (unpaired) electrons. The van der Waals surface area contributed by atoms with Crippen LogP contribution in [0.1, 0.15) is 219 Å². The van der Waals surface area contributed by atoms with Gasteiger partial charge in [0.05, 0.1) is 6.61 Å². The van der Waals surface area contributed by atoms with Crippen LogP contribution < -0.4 is 0 Å². The van der Waals surface area contributed by atoms with Crippen LogP contribution in [-0.2, 0) is 19.1 Å². The van der Waals surface area contributed by atoms with Crippen LogP contribution in [0.25, 0.3) is 0 Å². The Morgan fingerprint density at radius 2 is 0.800 bits per heavy atom. The average molecular weight is 703 g/mol. The van der Waals surface area contributed by atoms with E-state index < -0.39 is 6.10 Å². The van der Waals surface area contributed by atoms with E-state index in [0.717, 1.165) is 57.8 Å². The lowest BCUT2D eigenvalue weighted by molar-refractivity contribution is -0.161. The summed E-state index contributed by atoms with van der Waals surface area (Å²) in [5, 5.41) is 9.57. The van der Waals surface area contributed by atoms with Crippen LogP contribution in [0.15, 0.2) is 36.5 Å². The fourth-order valence-electron chi connectivity index (χ4n) is 6.15. The molecule has 1 unspecified atom stereocenters. The largest absolute Gasteiger partial charge is 0.462 e. The van der Waals surface area contributed by atoms with E-state index in [9.17, 15) is 14.7 Å². The molecule has 0 saturated carbocycles. The minimum absolute atomic E-state index is 0.0683. The molecule has 0 aromatic rings. The molecule has 0 heterocycles. The number of carbonyl (C=O) groups is 2. The first-order valence-corrected chi connectivity index (χ1v) is 21.5. The van der Waals surface area contributed by atoms with Gasteiger partial charge in [0, 0.05) is 12.8 Å². The summed E-state index contributed by atoms with van der Waals surface area (Å²) >= 11 is 0. The highest BCUT2D eigenvalue weighted by molar-refractivity contribution is 5.70. The monoisotopic (exact) mass is 703 g/mol. The van der Waals surface area contributed by atoms with E-state index in [1.54, 1.807) is 0 Å². The lowest BCUT2D eigenvalue weighted by atomic mass is 10.0. The van der Waals surface area contributed by atoms with Crippen LogP contribution in [0.4, 0.5) is 0 Å². The quantitative estimate of drug-likeness (QED) is 0.0392. The van der Waals surface area contributed by atoms with Gasteiger partial charge >= 0.3 is 11.9 Å². The van der Waals surface area contributed by atoms with Gasteiger partial charge in [-0.3, -0.25) is 9.59 Å². The van der Waals surface area contributed by atoms with Gasteiger partial charge in [-0.2, -0.15) is 0 Å². The van der Waals surface area contributed by atoms with Crippen molar-refractivity contribution in [3.63, 3.8) is 0 Å². The molecule has 0 fully saturated rings.